The Morgan fingerprint density at radius 1 is 1.20 bits per heavy atom. The number of carbonyl (C=O) groups excluding carboxylic acids is 1. The Balaban J connectivity index is 2.20. The summed E-state index contributed by atoms with van der Waals surface area (Å²) in [4.78, 5) is 14.5. The number of oxime groups is 1. The molecule has 1 heterocycles. The first kappa shape index (κ1) is 14.4. The first-order valence-electron chi connectivity index (χ1n) is 6.95. The Kier molecular flexibility index (Phi) is 4.27. The molecule has 0 unspecified atom stereocenters. The number of hydrogen-bond donors (Lipinski definition) is 2. The van der Waals surface area contributed by atoms with Crippen LogP contribution in [-0.4, -0.2) is 33.9 Å². The minimum absolute atomic E-state index is 0.0451. The number of amides is 1. The second kappa shape index (κ2) is 5.94. The van der Waals surface area contributed by atoms with Crippen molar-refractivity contribution in [2.24, 2.45) is 10.9 Å². The molecule has 0 saturated carbocycles. The second-order valence-electron chi connectivity index (χ2n) is 5.40. The molecule has 108 valence electrons. The fourth-order valence-electron chi connectivity index (χ4n) is 2.81. The van der Waals surface area contributed by atoms with Crippen molar-refractivity contribution in [3.63, 3.8) is 0 Å². The fourth-order valence-corrected chi connectivity index (χ4v) is 2.81. The van der Waals surface area contributed by atoms with Gasteiger partial charge in [-0.25, -0.2) is 0 Å². The molecule has 1 amide bonds. The van der Waals surface area contributed by atoms with E-state index in [1.165, 1.54) is 6.42 Å². The molecule has 0 aromatic heterocycles. The molecule has 0 aliphatic carbocycles. The lowest BCUT2D eigenvalue weighted by Gasteiger charge is -2.39. The molecular formula is C15H21N3O2. The van der Waals surface area contributed by atoms with Gasteiger partial charge in [-0.2, -0.15) is 0 Å². The number of likely N-dealkylation sites (tertiary alicyclic amines) is 1. The van der Waals surface area contributed by atoms with E-state index >= 15 is 0 Å². The Hall–Kier alpha value is -2.04. The second-order valence-corrected chi connectivity index (χ2v) is 5.40. The zero-order valence-electron chi connectivity index (χ0n) is 11.9. The molecule has 0 radical (unpaired) electrons. The van der Waals surface area contributed by atoms with Crippen molar-refractivity contribution in [1.82, 2.24) is 4.90 Å². The molecule has 1 aliphatic heterocycles. The summed E-state index contributed by atoms with van der Waals surface area (Å²) in [6, 6.07) is 7.39. The third-order valence-corrected chi connectivity index (χ3v) is 3.96. The summed E-state index contributed by atoms with van der Waals surface area (Å²) < 4.78 is 0. The molecule has 1 fully saturated rings. The molecule has 1 saturated heterocycles. The third-order valence-electron chi connectivity index (χ3n) is 3.96. The smallest absolute Gasteiger partial charge is 0.254 e. The summed E-state index contributed by atoms with van der Waals surface area (Å²) in [7, 11) is 0. The van der Waals surface area contributed by atoms with Gasteiger partial charge in [0, 0.05) is 23.2 Å². The highest BCUT2D eigenvalue weighted by molar-refractivity contribution is 5.99. The molecule has 2 atom stereocenters. The van der Waals surface area contributed by atoms with E-state index in [9.17, 15) is 4.79 Å². The van der Waals surface area contributed by atoms with Crippen LogP contribution in [0.1, 0.15) is 49.0 Å². The van der Waals surface area contributed by atoms with E-state index < -0.39 is 0 Å². The van der Waals surface area contributed by atoms with Crippen molar-refractivity contribution in [1.29, 1.82) is 0 Å². The minimum atomic E-state index is 0.0451. The van der Waals surface area contributed by atoms with Crippen LogP contribution < -0.4 is 5.73 Å². The van der Waals surface area contributed by atoms with Gasteiger partial charge in [0.2, 0.25) is 0 Å². The number of piperidine rings is 1. The van der Waals surface area contributed by atoms with Crippen LogP contribution in [0, 0.1) is 0 Å². The van der Waals surface area contributed by atoms with Crippen molar-refractivity contribution >= 4 is 11.7 Å². The van der Waals surface area contributed by atoms with Crippen LogP contribution in [-0.2, 0) is 0 Å². The average molecular weight is 275 g/mol. The molecule has 20 heavy (non-hydrogen) atoms. The van der Waals surface area contributed by atoms with Crippen LogP contribution in [0.2, 0.25) is 0 Å². The van der Waals surface area contributed by atoms with E-state index in [4.69, 9.17) is 10.9 Å². The topological polar surface area (TPSA) is 78.9 Å². The van der Waals surface area contributed by atoms with Crippen LogP contribution >= 0.6 is 0 Å². The standard InChI is InChI=1S/C15H21N3O2/c1-10-4-3-5-11(2)18(10)15(19)13-8-6-12(7-9-13)14(16)17-20/h6-11,20H,3-5H2,1-2H3,(H2,16,17)/t10-,11+. The summed E-state index contributed by atoms with van der Waals surface area (Å²) in [5.41, 5.74) is 6.75. The number of carbonyl (C=O) groups is 1. The molecule has 2 rings (SSSR count). The van der Waals surface area contributed by atoms with E-state index in [0.717, 1.165) is 12.8 Å². The number of benzene rings is 1. The largest absolute Gasteiger partial charge is 0.409 e. The van der Waals surface area contributed by atoms with Gasteiger partial charge in [-0.1, -0.05) is 17.3 Å². The molecule has 0 spiro atoms. The van der Waals surface area contributed by atoms with Crippen LogP contribution in [0.3, 0.4) is 0 Å². The van der Waals surface area contributed by atoms with Gasteiger partial charge in [0.05, 0.1) is 0 Å². The highest BCUT2D eigenvalue weighted by Gasteiger charge is 2.29. The van der Waals surface area contributed by atoms with E-state index in [0.29, 0.717) is 11.1 Å². The van der Waals surface area contributed by atoms with Crippen molar-refractivity contribution < 1.29 is 10.0 Å². The Bertz CT molecular complexity index is 500. The predicted octanol–water partition coefficient (Wildman–Crippen LogP) is 2.18. The fraction of sp³-hybridized carbons (Fsp3) is 0.467. The number of nitrogens with two attached hydrogens (primary N) is 1. The van der Waals surface area contributed by atoms with Crippen LogP contribution in [0.25, 0.3) is 0 Å². The van der Waals surface area contributed by atoms with Gasteiger partial charge in [-0.05, 0) is 45.2 Å². The third kappa shape index (κ3) is 2.76. The van der Waals surface area contributed by atoms with Gasteiger partial charge in [-0.3, -0.25) is 4.79 Å². The van der Waals surface area contributed by atoms with Crippen LogP contribution in [0.5, 0.6) is 0 Å². The quantitative estimate of drug-likeness (QED) is 0.376. The highest BCUT2D eigenvalue weighted by Crippen LogP contribution is 2.24. The summed E-state index contributed by atoms with van der Waals surface area (Å²) in [5, 5.41) is 11.6. The Morgan fingerprint density at radius 3 is 2.20 bits per heavy atom. The minimum Gasteiger partial charge on any atom is -0.409 e. The predicted molar refractivity (Wildman–Crippen MR) is 77.9 cm³/mol. The lowest BCUT2D eigenvalue weighted by molar-refractivity contribution is 0.0511. The number of amidine groups is 1. The summed E-state index contributed by atoms with van der Waals surface area (Å²) >= 11 is 0. The molecule has 1 aromatic carbocycles. The van der Waals surface area contributed by atoms with Crippen molar-refractivity contribution in [3.8, 4) is 0 Å². The first-order valence-corrected chi connectivity index (χ1v) is 6.95. The van der Waals surface area contributed by atoms with Crippen molar-refractivity contribution in [2.45, 2.75) is 45.2 Å². The molecule has 1 aliphatic rings. The summed E-state index contributed by atoms with van der Waals surface area (Å²) in [5.74, 6) is 0.0967. The zero-order valence-corrected chi connectivity index (χ0v) is 11.9. The van der Waals surface area contributed by atoms with Gasteiger partial charge >= 0.3 is 0 Å². The normalized spacial score (nSPS) is 23.7. The van der Waals surface area contributed by atoms with E-state index in [-0.39, 0.29) is 23.8 Å². The average Bonchev–Trinajstić information content (AvgIpc) is 2.46. The van der Waals surface area contributed by atoms with E-state index in [1.807, 2.05) is 4.90 Å². The van der Waals surface area contributed by atoms with Gasteiger partial charge < -0.3 is 15.8 Å². The molecule has 5 heteroatoms. The molecule has 5 nitrogen and oxygen atoms in total. The zero-order chi connectivity index (χ0) is 14.7. The summed E-state index contributed by atoms with van der Waals surface area (Å²) in [6.07, 6.45) is 3.28. The van der Waals surface area contributed by atoms with Gasteiger partial charge in [0.1, 0.15) is 0 Å². The Labute approximate surface area is 119 Å². The lowest BCUT2D eigenvalue weighted by Crippen LogP contribution is -2.47. The van der Waals surface area contributed by atoms with E-state index in [2.05, 4.69) is 19.0 Å². The van der Waals surface area contributed by atoms with Gasteiger partial charge in [-0.15, -0.1) is 0 Å². The molecular weight excluding hydrogens is 254 g/mol. The van der Waals surface area contributed by atoms with Crippen LogP contribution in [0.4, 0.5) is 0 Å². The van der Waals surface area contributed by atoms with Crippen molar-refractivity contribution in [2.75, 3.05) is 0 Å². The number of nitrogens with zero attached hydrogens (tertiary/aromatic N) is 2. The first-order chi connectivity index (χ1) is 9.54. The Morgan fingerprint density at radius 2 is 1.70 bits per heavy atom. The summed E-state index contributed by atoms with van der Waals surface area (Å²) in [6.45, 7) is 4.19. The SMILES string of the molecule is C[C@@H]1CCC[C@H](C)N1C(=O)c1ccc(/C(N)=N/O)cc1. The maximum absolute atomic E-state index is 12.6. The van der Waals surface area contributed by atoms with Crippen LogP contribution in [0.15, 0.2) is 29.4 Å². The lowest BCUT2D eigenvalue weighted by atomic mass is 9.96. The maximum atomic E-state index is 12.6. The molecule has 3 N–H and O–H groups in total. The number of rotatable bonds is 2. The maximum Gasteiger partial charge on any atom is 0.254 e. The molecule has 0 bridgehead atoms. The highest BCUT2D eigenvalue weighted by atomic mass is 16.4. The van der Waals surface area contributed by atoms with E-state index in [1.54, 1.807) is 24.3 Å². The number of hydrogen-bond acceptors (Lipinski definition) is 3. The van der Waals surface area contributed by atoms with Gasteiger partial charge in [0.15, 0.2) is 5.84 Å². The molecule has 1 aromatic rings. The monoisotopic (exact) mass is 275 g/mol. The van der Waals surface area contributed by atoms with Gasteiger partial charge in [0.25, 0.3) is 5.91 Å². The van der Waals surface area contributed by atoms with Crippen molar-refractivity contribution in [3.05, 3.63) is 35.4 Å².